The van der Waals surface area contributed by atoms with E-state index in [4.69, 9.17) is 24.2 Å². The molecule has 0 bridgehead atoms. The van der Waals surface area contributed by atoms with E-state index in [2.05, 4.69) is 64.1 Å². The zero-order valence-corrected chi connectivity index (χ0v) is 20.7. The predicted octanol–water partition coefficient (Wildman–Crippen LogP) is 4.81. The summed E-state index contributed by atoms with van der Waals surface area (Å²) in [6.45, 7) is 8.34. The van der Waals surface area contributed by atoms with Crippen LogP contribution in [-0.4, -0.2) is 28.7 Å². The van der Waals surface area contributed by atoms with Crippen LogP contribution < -0.4 is 25.9 Å². The van der Waals surface area contributed by atoms with Gasteiger partial charge in [-0.2, -0.15) is 0 Å². The average molecular weight is 472 g/mol. The van der Waals surface area contributed by atoms with Crippen LogP contribution in [0.5, 0.6) is 23.0 Å². The fourth-order valence-electron chi connectivity index (χ4n) is 5.14. The Bertz CT molecular complexity index is 1500. The summed E-state index contributed by atoms with van der Waals surface area (Å²) in [6.07, 6.45) is 1.86. The highest BCUT2D eigenvalue weighted by molar-refractivity contribution is 6.98. The molecule has 0 radical (unpaired) electrons. The monoisotopic (exact) mass is 472 g/mol. The molecule has 0 saturated carbocycles. The maximum atomic E-state index is 6.41. The molecule has 4 aromatic rings. The third-order valence-electron chi connectivity index (χ3n) is 7.81. The lowest BCUT2D eigenvalue weighted by Gasteiger charge is -2.33. The van der Waals surface area contributed by atoms with Gasteiger partial charge < -0.3 is 14.2 Å². The standard InChI is InChI=1S/C30H25BN2O3/c1-29(2)30(3,4)36-28(33-29)22-14-13-18(17-32-22)19-15-25-27-26(16-19)35-24-12-8-6-10-21(24)31(27)20-9-5-7-11-23(20)34-25/h5-17H,1-4H3. The van der Waals surface area contributed by atoms with E-state index >= 15 is 0 Å². The topological polar surface area (TPSA) is 52.9 Å². The van der Waals surface area contributed by atoms with Crippen LogP contribution in [0, 0.1) is 0 Å². The number of pyridine rings is 1. The Hall–Kier alpha value is -4.06. The first-order valence-electron chi connectivity index (χ1n) is 12.3. The minimum absolute atomic E-state index is 0.0729. The van der Waals surface area contributed by atoms with E-state index in [1.165, 1.54) is 0 Å². The summed E-state index contributed by atoms with van der Waals surface area (Å²) in [5.74, 6) is 3.98. The normalized spacial score (nSPS) is 17.6. The molecule has 7 rings (SSSR count). The van der Waals surface area contributed by atoms with Gasteiger partial charge in [0.15, 0.2) is 0 Å². The van der Waals surface area contributed by atoms with Crippen LogP contribution in [0.15, 0.2) is 84.0 Å². The van der Waals surface area contributed by atoms with Crippen molar-refractivity contribution in [3.63, 3.8) is 0 Å². The van der Waals surface area contributed by atoms with Crippen molar-refractivity contribution < 1.29 is 14.2 Å². The zero-order valence-electron chi connectivity index (χ0n) is 20.7. The third-order valence-corrected chi connectivity index (χ3v) is 7.81. The van der Waals surface area contributed by atoms with Gasteiger partial charge in [0.2, 0.25) is 5.90 Å². The van der Waals surface area contributed by atoms with Gasteiger partial charge in [-0.1, -0.05) is 42.5 Å². The summed E-state index contributed by atoms with van der Waals surface area (Å²) in [5.41, 5.74) is 5.36. The second-order valence-electron chi connectivity index (χ2n) is 10.6. The number of rotatable bonds is 2. The van der Waals surface area contributed by atoms with Crippen molar-refractivity contribution in [3.05, 3.63) is 84.7 Å². The molecule has 6 heteroatoms. The highest BCUT2D eigenvalue weighted by Gasteiger charge is 2.46. The van der Waals surface area contributed by atoms with E-state index in [-0.39, 0.29) is 17.9 Å². The van der Waals surface area contributed by atoms with Crippen LogP contribution in [0.3, 0.4) is 0 Å². The van der Waals surface area contributed by atoms with Crippen LogP contribution in [0.4, 0.5) is 0 Å². The highest BCUT2D eigenvalue weighted by Crippen LogP contribution is 2.39. The Kier molecular flexibility index (Phi) is 4.27. The molecule has 0 saturated heterocycles. The number of hydrogen-bond donors (Lipinski definition) is 0. The van der Waals surface area contributed by atoms with Gasteiger partial charge in [0.25, 0.3) is 6.71 Å². The smallest absolute Gasteiger partial charge is 0.260 e. The lowest BCUT2D eigenvalue weighted by Crippen LogP contribution is -2.57. The van der Waals surface area contributed by atoms with Crippen molar-refractivity contribution in [2.45, 2.75) is 38.8 Å². The summed E-state index contributed by atoms with van der Waals surface area (Å²) in [4.78, 5) is 9.48. The van der Waals surface area contributed by atoms with Gasteiger partial charge in [-0.05, 0) is 74.5 Å². The molecule has 5 nitrogen and oxygen atoms in total. The highest BCUT2D eigenvalue weighted by atomic mass is 16.5. The maximum Gasteiger partial charge on any atom is 0.260 e. The Balaban J connectivity index is 1.31. The summed E-state index contributed by atoms with van der Waals surface area (Å²) in [7, 11) is 0. The summed E-state index contributed by atoms with van der Waals surface area (Å²) < 4.78 is 19.0. The molecule has 0 N–H and O–H groups in total. The maximum absolute atomic E-state index is 6.41. The molecule has 0 spiro atoms. The first kappa shape index (κ1) is 21.2. The molecular formula is C30H25BN2O3. The number of aliphatic imine (C=N–C) groups is 1. The molecule has 36 heavy (non-hydrogen) atoms. The molecular weight excluding hydrogens is 447 g/mol. The van der Waals surface area contributed by atoms with Crippen molar-refractivity contribution in [3.8, 4) is 34.1 Å². The molecule has 0 atom stereocenters. The van der Waals surface area contributed by atoms with Gasteiger partial charge in [-0.15, -0.1) is 0 Å². The number of nitrogens with zero attached hydrogens (tertiary/aromatic N) is 2. The number of aromatic nitrogens is 1. The fourth-order valence-corrected chi connectivity index (χ4v) is 5.14. The van der Waals surface area contributed by atoms with Gasteiger partial charge in [-0.3, -0.25) is 4.98 Å². The van der Waals surface area contributed by atoms with Crippen LogP contribution in [0.2, 0.25) is 0 Å². The van der Waals surface area contributed by atoms with E-state index in [0.29, 0.717) is 5.90 Å². The van der Waals surface area contributed by atoms with Crippen LogP contribution in [0.25, 0.3) is 11.1 Å². The first-order valence-corrected chi connectivity index (χ1v) is 12.3. The molecule has 0 fully saturated rings. The van der Waals surface area contributed by atoms with Gasteiger partial charge >= 0.3 is 0 Å². The Morgan fingerprint density at radius 1 is 0.694 bits per heavy atom. The average Bonchev–Trinajstić information content (AvgIpc) is 3.10. The SMILES string of the molecule is CC1(C)N=C(c2ccc(-c3cc4c5c(c3)Oc3ccccc3B5c3ccccc3O4)cn2)OC1(C)C. The molecule has 4 heterocycles. The second kappa shape index (κ2) is 7.23. The van der Waals surface area contributed by atoms with Crippen molar-refractivity contribution >= 4 is 29.0 Å². The van der Waals surface area contributed by atoms with Crippen LogP contribution in [0.1, 0.15) is 33.4 Å². The largest absolute Gasteiger partial charge is 0.468 e. The molecule has 176 valence electrons. The number of fused-ring (bicyclic) bond motifs is 4. The van der Waals surface area contributed by atoms with Crippen LogP contribution in [-0.2, 0) is 4.74 Å². The fraction of sp³-hybridized carbons (Fsp3) is 0.200. The van der Waals surface area contributed by atoms with E-state index in [0.717, 1.165) is 56.2 Å². The van der Waals surface area contributed by atoms with E-state index in [1.807, 2.05) is 42.6 Å². The number of hydrogen-bond acceptors (Lipinski definition) is 5. The number of ether oxygens (including phenoxy) is 3. The zero-order chi connectivity index (χ0) is 24.7. The minimum atomic E-state index is -0.387. The first-order chi connectivity index (χ1) is 17.3. The van der Waals surface area contributed by atoms with E-state index in [9.17, 15) is 0 Å². The third kappa shape index (κ3) is 3.03. The molecule has 3 aliphatic heterocycles. The molecule has 0 amide bonds. The lowest BCUT2D eigenvalue weighted by atomic mass is 9.35. The van der Waals surface area contributed by atoms with Gasteiger partial charge in [0, 0.05) is 17.2 Å². The van der Waals surface area contributed by atoms with Gasteiger partial charge in [0.1, 0.15) is 34.3 Å². The Morgan fingerprint density at radius 2 is 1.31 bits per heavy atom. The summed E-state index contributed by atoms with van der Waals surface area (Å²) >= 11 is 0. The molecule has 3 aromatic carbocycles. The predicted molar refractivity (Wildman–Crippen MR) is 143 cm³/mol. The number of para-hydroxylation sites is 2. The van der Waals surface area contributed by atoms with Gasteiger partial charge in [0.05, 0.1) is 5.54 Å². The molecule has 1 aromatic heterocycles. The summed E-state index contributed by atoms with van der Waals surface area (Å²) in [6, 6.07) is 24.7. The van der Waals surface area contributed by atoms with E-state index < -0.39 is 0 Å². The summed E-state index contributed by atoms with van der Waals surface area (Å²) in [5, 5.41) is 0. The van der Waals surface area contributed by atoms with Crippen LogP contribution >= 0.6 is 0 Å². The van der Waals surface area contributed by atoms with Crippen molar-refractivity contribution in [1.29, 1.82) is 0 Å². The minimum Gasteiger partial charge on any atom is -0.468 e. The van der Waals surface area contributed by atoms with Crippen molar-refractivity contribution in [2.75, 3.05) is 0 Å². The van der Waals surface area contributed by atoms with Crippen molar-refractivity contribution in [2.24, 2.45) is 4.99 Å². The molecule has 0 unspecified atom stereocenters. The molecule has 3 aliphatic rings. The number of benzene rings is 3. The Morgan fingerprint density at radius 3 is 1.83 bits per heavy atom. The lowest BCUT2D eigenvalue weighted by molar-refractivity contribution is 0.0617. The van der Waals surface area contributed by atoms with Gasteiger partial charge in [-0.25, -0.2) is 4.99 Å². The molecule has 0 aliphatic carbocycles. The quantitative estimate of drug-likeness (QED) is 0.340. The van der Waals surface area contributed by atoms with Crippen molar-refractivity contribution in [1.82, 2.24) is 4.98 Å². The van der Waals surface area contributed by atoms with E-state index in [1.54, 1.807) is 0 Å². The second-order valence-corrected chi connectivity index (χ2v) is 10.6. The Labute approximate surface area is 210 Å².